The first-order valence-corrected chi connectivity index (χ1v) is 9.74. The molecular formula is C20H23ClN4O2. The van der Waals surface area contributed by atoms with Crippen LogP contribution < -0.4 is 5.32 Å². The van der Waals surface area contributed by atoms with Gasteiger partial charge in [-0.15, -0.1) is 0 Å². The van der Waals surface area contributed by atoms with Gasteiger partial charge in [0.2, 0.25) is 5.91 Å². The topological polar surface area (TPSA) is 78.1 Å². The van der Waals surface area contributed by atoms with Crippen molar-refractivity contribution in [3.8, 4) is 11.3 Å². The lowest BCUT2D eigenvalue weighted by atomic mass is 9.93. The van der Waals surface area contributed by atoms with E-state index in [1.54, 1.807) is 37.4 Å². The third kappa shape index (κ3) is 3.72. The second-order valence-electron chi connectivity index (χ2n) is 7.69. The van der Waals surface area contributed by atoms with E-state index in [1.165, 1.54) is 12.8 Å². The Bertz CT molecular complexity index is 851. The highest BCUT2D eigenvalue weighted by Crippen LogP contribution is 2.53. The van der Waals surface area contributed by atoms with Crippen LogP contribution >= 0.6 is 11.6 Å². The molecule has 2 aliphatic rings. The number of likely N-dealkylation sites (tertiary alicyclic amines) is 1. The van der Waals surface area contributed by atoms with E-state index in [-0.39, 0.29) is 11.8 Å². The van der Waals surface area contributed by atoms with Gasteiger partial charge in [0.25, 0.3) is 5.91 Å². The molecule has 4 rings (SSSR count). The summed E-state index contributed by atoms with van der Waals surface area (Å²) in [5.41, 5.74) is 2.42. The molecule has 1 aliphatic heterocycles. The smallest absolute Gasteiger partial charge is 0.251 e. The monoisotopic (exact) mass is 386 g/mol. The van der Waals surface area contributed by atoms with Crippen LogP contribution in [0.3, 0.4) is 0 Å². The second-order valence-corrected chi connectivity index (χ2v) is 8.09. The van der Waals surface area contributed by atoms with Gasteiger partial charge >= 0.3 is 0 Å². The average Bonchev–Trinajstić information content (AvgIpc) is 3.19. The fraction of sp³-hybridized carbons (Fsp3) is 0.450. The number of piperidine rings is 1. The lowest BCUT2D eigenvalue weighted by Gasteiger charge is -2.33. The standard InChI is InChI=1S/C20H23ClN4O2/c1-13(19(27)25-10-7-20(5-6-20)8-11-25)23-18(26)14-2-3-16(21)15(12-14)17-4-9-22-24-17/h2-4,9,12-13H,5-8,10-11H2,1H3,(H,22,24)(H,23,26)/t13-/m1/s1. The van der Waals surface area contributed by atoms with Crippen LogP contribution in [0.1, 0.15) is 43.0 Å². The van der Waals surface area contributed by atoms with E-state index in [1.807, 2.05) is 4.90 Å². The number of rotatable bonds is 4. The molecule has 2 amide bonds. The molecular weight excluding hydrogens is 364 g/mol. The maximum Gasteiger partial charge on any atom is 0.251 e. The van der Waals surface area contributed by atoms with Crippen LogP contribution in [0.5, 0.6) is 0 Å². The molecule has 0 unspecified atom stereocenters. The number of halogens is 1. The zero-order valence-electron chi connectivity index (χ0n) is 15.3. The van der Waals surface area contributed by atoms with E-state index in [0.29, 0.717) is 21.6 Å². The molecule has 6 nitrogen and oxygen atoms in total. The summed E-state index contributed by atoms with van der Waals surface area (Å²) in [5.74, 6) is -0.300. The van der Waals surface area contributed by atoms with Crippen LogP contribution in [0.15, 0.2) is 30.5 Å². The van der Waals surface area contributed by atoms with Gasteiger partial charge in [0.15, 0.2) is 0 Å². The molecule has 2 N–H and O–H groups in total. The lowest BCUT2D eigenvalue weighted by Crippen LogP contribution is -2.49. The molecule has 2 fully saturated rings. The van der Waals surface area contributed by atoms with Crippen LogP contribution in [-0.4, -0.2) is 46.0 Å². The summed E-state index contributed by atoms with van der Waals surface area (Å²) in [6.45, 7) is 3.33. The fourth-order valence-electron chi connectivity index (χ4n) is 3.77. The Morgan fingerprint density at radius 2 is 1.96 bits per heavy atom. The van der Waals surface area contributed by atoms with Crippen LogP contribution in [0.25, 0.3) is 11.3 Å². The Morgan fingerprint density at radius 1 is 1.22 bits per heavy atom. The number of hydrogen-bond acceptors (Lipinski definition) is 3. The molecule has 142 valence electrons. The van der Waals surface area contributed by atoms with Gasteiger partial charge in [-0.2, -0.15) is 5.10 Å². The maximum atomic E-state index is 12.7. The molecule has 2 heterocycles. The van der Waals surface area contributed by atoms with Gasteiger partial charge in [-0.3, -0.25) is 14.7 Å². The summed E-state index contributed by atoms with van der Waals surface area (Å²) in [6.07, 6.45) is 6.41. The van der Waals surface area contributed by atoms with Crippen LogP contribution in [0.2, 0.25) is 5.02 Å². The van der Waals surface area contributed by atoms with Crippen molar-refractivity contribution in [2.45, 2.75) is 38.6 Å². The molecule has 1 saturated carbocycles. The predicted octanol–water partition coefficient (Wildman–Crippen LogP) is 3.25. The minimum Gasteiger partial charge on any atom is -0.341 e. The third-order valence-corrected chi connectivity index (χ3v) is 6.16. The normalized spacial score (nSPS) is 19.0. The Hall–Kier alpha value is -2.34. The van der Waals surface area contributed by atoms with Crippen LogP contribution in [0, 0.1) is 5.41 Å². The minimum absolute atomic E-state index is 0.0124. The zero-order valence-corrected chi connectivity index (χ0v) is 16.1. The molecule has 1 aliphatic carbocycles. The summed E-state index contributed by atoms with van der Waals surface area (Å²) >= 11 is 6.24. The number of aromatic amines is 1. The van der Waals surface area contributed by atoms with E-state index < -0.39 is 6.04 Å². The predicted molar refractivity (Wildman–Crippen MR) is 103 cm³/mol. The van der Waals surface area contributed by atoms with E-state index in [2.05, 4.69) is 15.5 Å². The third-order valence-electron chi connectivity index (χ3n) is 5.83. The van der Waals surface area contributed by atoms with Gasteiger partial charge in [-0.25, -0.2) is 0 Å². The Kier molecular flexibility index (Phi) is 4.68. The SMILES string of the molecule is C[C@@H](NC(=O)c1ccc(Cl)c(-c2ccn[nH]2)c1)C(=O)N1CCC2(CC1)CC2. The largest absolute Gasteiger partial charge is 0.341 e. The summed E-state index contributed by atoms with van der Waals surface area (Å²) in [4.78, 5) is 27.2. The van der Waals surface area contributed by atoms with Crippen molar-refractivity contribution >= 4 is 23.4 Å². The van der Waals surface area contributed by atoms with Gasteiger partial charge in [0.1, 0.15) is 6.04 Å². The molecule has 0 bridgehead atoms. The molecule has 1 saturated heterocycles. The highest BCUT2D eigenvalue weighted by atomic mass is 35.5. The van der Waals surface area contributed by atoms with Gasteiger partial charge in [0.05, 0.1) is 5.69 Å². The Labute approximate surface area is 163 Å². The van der Waals surface area contributed by atoms with Gasteiger partial charge in [0, 0.05) is 35.4 Å². The van der Waals surface area contributed by atoms with Crippen LogP contribution in [0.4, 0.5) is 0 Å². The highest BCUT2D eigenvalue weighted by molar-refractivity contribution is 6.33. The van der Waals surface area contributed by atoms with Crippen molar-refractivity contribution < 1.29 is 9.59 Å². The van der Waals surface area contributed by atoms with E-state index in [0.717, 1.165) is 31.6 Å². The molecule has 1 aromatic heterocycles. The molecule has 1 atom stereocenters. The van der Waals surface area contributed by atoms with Crippen molar-refractivity contribution in [3.63, 3.8) is 0 Å². The number of benzene rings is 1. The first-order valence-electron chi connectivity index (χ1n) is 9.36. The average molecular weight is 387 g/mol. The molecule has 1 aromatic carbocycles. The Morgan fingerprint density at radius 3 is 2.59 bits per heavy atom. The number of aromatic nitrogens is 2. The summed E-state index contributed by atoms with van der Waals surface area (Å²) < 4.78 is 0. The first-order chi connectivity index (χ1) is 13.0. The van der Waals surface area contributed by atoms with Crippen molar-refractivity contribution in [2.75, 3.05) is 13.1 Å². The maximum absolute atomic E-state index is 12.7. The highest BCUT2D eigenvalue weighted by Gasteiger charge is 2.45. The molecule has 0 radical (unpaired) electrons. The molecule has 27 heavy (non-hydrogen) atoms. The number of amides is 2. The number of carbonyl (C=O) groups is 2. The summed E-state index contributed by atoms with van der Waals surface area (Å²) in [7, 11) is 0. The van der Waals surface area contributed by atoms with Crippen molar-refractivity contribution in [3.05, 3.63) is 41.0 Å². The van der Waals surface area contributed by atoms with Crippen molar-refractivity contribution in [1.82, 2.24) is 20.4 Å². The minimum atomic E-state index is -0.558. The number of nitrogens with one attached hydrogen (secondary N) is 2. The van der Waals surface area contributed by atoms with Crippen molar-refractivity contribution in [2.24, 2.45) is 5.41 Å². The van der Waals surface area contributed by atoms with E-state index in [4.69, 9.17) is 11.6 Å². The molecule has 7 heteroatoms. The zero-order chi connectivity index (χ0) is 19.0. The fourth-order valence-corrected chi connectivity index (χ4v) is 3.99. The molecule has 1 spiro atoms. The van der Waals surface area contributed by atoms with E-state index in [9.17, 15) is 9.59 Å². The first kappa shape index (κ1) is 18.0. The number of nitrogens with zero attached hydrogens (tertiary/aromatic N) is 2. The van der Waals surface area contributed by atoms with Gasteiger partial charge in [-0.1, -0.05) is 11.6 Å². The van der Waals surface area contributed by atoms with Crippen molar-refractivity contribution in [1.29, 1.82) is 0 Å². The van der Waals surface area contributed by atoms with Gasteiger partial charge in [-0.05, 0) is 62.3 Å². The molecule has 2 aromatic rings. The lowest BCUT2D eigenvalue weighted by molar-refractivity contribution is -0.134. The number of H-pyrrole nitrogens is 1. The Balaban J connectivity index is 1.41. The summed E-state index contributed by atoms with van der Waals surface area (Å²) in [5, 5.41) is 10.1. The second kappa shape index (κ2) is 7.00. The van der Waals surface area contributed by atoms with E-state index >= 15 is 0 Å². The summed E-state index contributed by atoms with van der Waals surface area (Å²) in [6, 6.07) is 6.28. The quantitative estimate of drug-likeness (QED) is 0.846. The number of hydrogen-bond donors (Lipinski definition) is 2. The van der Waals surface area contributed by atoms with Crippen LogP contribution in [-0.2, 0) is 4.79 Å². The van der Waals surface area contributed by atoms with Gasteiger partial charge < -0.3 is 10.2 Å². The number of carbonyl (C=O) groups excluding carboxylic acids is 2.